The second kappa shape index (κ2) is 6.16. The number of nitrogens with zero attached hydrogens (tertiary/aromatic N) is 2. The van der Waals surface area contributed by atoms with Crippen molar-refractivity contribution in [1.82, 2.24) is 15.1 Å². The number of benzene rings is 1. The second-order valence-corrected chi connectivity index (χ2v) is 7.14. The van der Waals surface area contributed by atoms with Crippen molar-refractivity contribution in [3.63, 3.8) is 0 Å². The summed E-state index contributed by atoms with van der Waals surface area (Å²) >= 11 is 0. The lowest BCUT2D eigenvalue weighted by Crippen LogP contribution is -2.15. The van der Waals surface area contributed by atoms with Crippen molar-refractivity contribution in [2.24, 2.45) is 0 Å². The van der Waals surface area contributed by atoms with Gasteiger partial charge in [0, 0.05) is 18.3 Å². The van der Waals surface area contributed by atoms with Crippen molar-refractivity contribution in [3.8, 4) is 0 Å². The van der Waals surface area contributed by atoms with Crippen molar-refractivity contribution in [3.05, 3.63) is 47.8 Å². The SMILES string of the molecule is CC(C)(C)c1ccc(C(=O)Nc2cnn(C3CCNC3)c2)cc1. The van der Waals surface area contributed by atoms with Crippen LogP contribution in [0.3, 0.4) is 0 Å². The summed E-state index contributed by atoms with van der Waals surface area (Å²) in [5.41, 5.74) is 2.71. The summed E-state index contributed by atoms with van der Waals surface area (Å²) in [6, 6.07) is 8.17. The summed E-state index contributed by atoms with van der Waals surface area (Å²) in [6.07, 6.45) is 4.68. The Labute approximate surface area is 137 Å². The summed E-state index contributed by atoms with van der Waals surface area (Å²) in [7, 11) is 0. The van der Waals surface area contributed by atoms with Gasteiger partial charge in [-0.25, -0.2) is 0 Å². The summed E-state index contributed by atoms with van der Waals surface area (Å²) in [6.45, 7) is 8.44. The van der Waals surface area contributed by atoms with Crippen molar-refractivity contribution < 1.29 is 4.79 Å². The molecule has 5 nitrogen and oxygen atoms in total. The lowest BCUT2D eigenvalue weighted by atomic mass is 9.87. The molecule has 1 amide bonds. The quantitative estimate of drug-likeness (QED) is 0.916. The summed E-state index contributed by atoms with van der Waals surface area (Å²) in [5.74, 6) is -0.102. The number of hydrogen-bond acceptors (Lipinski definition) is 3. The van der Waals surface area contributed by atoms with Crippen LogP contribution in [-0.2, 0) is 5.41 Å². The van der Waals surface area contributed by atoms with Gasteiger partial charge in [-0.1, -0.05) is 32.9 Å². The van der Waals surface area contributed by atoms with Gasteiger partial charge in [-0.3, -0.25) is 9.48 Å². The molecule has 0 radical (unpaired) electrons. The Morgan fingerprint density at radius 1 is 1.30 bits per heavy atom. The van der Waals surface area contributed by atoms with Gasteiger partial charge in [0.2, 0.25) is 0 Å². The third-order valence-corrected chi connectivity index (χ3v) is 4.28. The molecule has 3 rings (SSSR count). The fraction of sp³-hybridized carbons (Fsp3) is 0.444. The first-order chi connectivity index (χ1) is 10.9. The molecule has 1 aromatic carbocycles. The highest BCUT2D eigenvalue weighted by molar-refractivity contribution is 6.04. The highest BCUT2D eigenvalue weighted by Gasteiger charge is 2.18. The number of amides is 1. The Bertz CT molecular complexity index is 676. The van der Waals surface area contributed by atoms with Crippen molar-refractivity contribution in [1.29, 1.82) is 0 Å². The summed E-state index contributed by atoms with van der Waals surface area (Å²) < 4.78 is 1.93. The molecule has 1 fully saturated rings. The van der Waals surface area contributed by atoms with E-state index in [9.17, 15) is 4.79 Å². The standard InChI is InChI=1S/C18H24N4O/c1-18(2,3)14-6-4-13(5-7-14)17(23)21-15-10-20-22(12-15)16-8-9-19-11-16/h4-7,10,12,16,19H,8-9,11H2,1-3H3,(H,21,23). The average molecular weight is 312 g/mol. The normalized spacial score (nSPS) is 18.1. The van der Waals surface area contributed by atoms with Crippen molar-refractivity contribution in [2.45, 2.75) is 38.6 Å². The zero-order valence-electron chi connectivity index (χ0n) is 14.0. The van der Waals surface area contributed by atoms with Gasteiger partial charge in [-0.05, 0) is 36.1 Å². The topological polar surface area (TPSA) is 59.0 Å². The monoisotopic (exact) mass is 312 g/mol. The molecule has 1 aliphatic heterocycles. The maximum atomic E-state index is 12.3. The van der Waals surface area contributed by atoms with Gasteiger partial charge in [0.1, 0.15) is 0 Å². The number of hydrogen-bond donors (Lipinski definition) is 2. The van der Waals surface area contributed by atoms with Crippen molar-refractivity contribution >= 4 is 11.6 Å². The molecule has 122 valence electrons. The second-order valence-electron chi connectivity index (χ2n) is 7.14. The first-order valence-corrected chi connectivity index (χ1v) is 8.10. The smallest absolute Gasteiger partial charge is 0.255 e. The molecule has 5 heteroatoms. The fourth-order valence-corrected chi connectivity index (χ4v) is 2.79. The molecule has 1 aliphatic rings. The average Bonchev–Trinajstić information content (AvgIpc) is 3.17. The molecule has 1 aromatic heterocycles. The first-order valence-electron chi connectivity index (χ1n) is 8.10. The van der Waals surface area contributed by atoms with E-state index in [4.69, 9.17) is 0 Å². The van der Waals surface area contributed by atoms with Crippen LogP contribution in [0.4, 0.5) is 5.69 Å². The Morgan fingerprint density at radius 3 is 2.65 bits per heavy atom. The Hall–Kier alpha value is -2.14. The number of carbonyl (C=O) groups excluding carboxylic acids is 1. The van der Waals surface area contributed by atoms with Crippen molar-refractivity contribution in [2.75, 3.05) is 18.4 Å². The van der Waals surface area contributed by atoms with E-state index < -0.39 is 0 Å². The highest BCUT2D eigenvalue weighted by Crippen LogP contribution is 2.22. The van der Waals surface area contributed by atoms with Crippen LogP contribution < -0.4 is 10.6 Å². The molecule has 23 heavy (non-hydrogen) atoms. The van der Waals surface area contributed by atoms with Gasteiger partial charge in [-0.15, -0.1) is 0 Å². The largest absolute Gasteiger partial charge is 0.319 e. The van der Waals surface area contributed by atoms with E-state index in [0.29, 0.717) is 11.6 Å². The van der Waals surface area contributed by atoms with Gasteiger partial charge in [0.15, 0.2) is 0 Å². The maximum absolute atomic E-state index is 12.3. The zero-order valence-corrected chi connectivity index (χ0v) is 14.0. The minimum atomic E-state index is -0.102. The number of anilines is 1. The molecule has 2 heterocycles. The molecule has 0 saturated carbocycles. The molecule has 0 spiro atoms. The number of nitrogens with one attached hydrogen (secondary N) is 2. The predicted molar refractivity (Wildman–Crippen MR) is 91.8 cm³/mol. The van der Waals surface area contributed by atoms with E-state index >= 15 is 0 Å². The third-order valence-electron chi connectivity index (χ3n) is 4.28. The van der Waals surface area contributed by atoms with Crippen LogP contribution in [0.25, 0.3) is 0 Å². The van der Waals surface area contributed by atoms with Crippen LogP contribution >= 0.6 is 0 Å². The Morgan fingerprint density at radius 2 is 2.04 bits per heavy atom. The molecule has 1 saturated heterocycles. The van der Waals surface area contributed by atoms with Crippen LogP contribution in [0.1, 0.15) is 49.2 Å². The molecule has 2 aromatic rings. The van der Waals surface area contributed by atoms with Gasteiger partial charge < -0.3 is 10.6 Å². The Kier molecular flexibility index (Phi) is 4.22. The van der Waals surface area contributed by atoms with E-state index in [1.165, 1.54) is 5.56 Å². The minimum Gasteiger partial charge on any atom is -0.319 e. The number of rotatable bonds is 3. The third kappa shape index (κ3) is 3.62. The van der Waals surface area contributed by atoms with Crippen LogP contribution in [0, 0.1) is 0 Å². The molecule has 1 unspecified atom stereocenters. The van der Waals surface area contributed by atoms with E-state index in [-0.39, 0.29) is 11.3 Å². The molecule has 0 aliphatic carbocycles. The summed E-state index contributed by atoms with van der Waals surface area (Å²) in [4.78, 5) is 12.3. The lowest BCUT2D eigenvalue weighted by Gasteiger charge is -2.19. The molecular formula is C18H24N4O. The maximum Gasteiger partial charge on any atom is 0.255 e. The summed E-state index contributed by atoms with van der Waals surface area (Å²) in [5, 5.41) is 10.6. The van der Waals surface area contributed by atoms with Gasteiger partial charge >= 0.3 is 0 Å². The minimum absolute atomic E-state index is 0.0888. The zero-order chi connectivity index (χ0) is 16.4. The molecule has 1 atom stereocenters. The predicted octanol–water partition coefficient (Wildman–Crippen LogP) is 2.97. The van der Waals surface area contributed by atoms with E-state index in [1.54, 1.807) is 6.20 Å². The first kappa shape index (κ1) is 15.7. The number of aromatic nitrogens is 2. The molecule has 0 bridgehead atoms. The van der Waals surface area contributed by atoms with Crippen LogP contribution in [0.2, 0.25) is 0 Å². The van der Waals surface area contributed by atoms with Gasteiger partial charge in [0.05, 0.1) is 17.9 Å². The van der Waals surface area contributed by atoms with Gasteiger partial charge in [0.25, 0.3) is 5.91 Å². The number of carbonyl (C=O) groups is 1. The van der Waals surface area contributed by atoms with Crippen LogP contribution in [0.5, 0.6) is 0 Å². The lowest BCUT2D eigenvalue weighted by molar-refractivity contribution is 0.102. The molecule has 2 N–H and O–H groups in total. The fourth-order valence-electron chi connectivity index (χ4n) is 2.79. The van der Waals surface area contributed by atoms with Gasteiger partial charge in [-0.2, -0.15) is 5.10 Å². The highest BCUT2D eigenvalue weighted by atomic mass is 16.1. The van der Waals surface area contributed by atoms with E-state index in [2.05, 4.69) is 36.5 Å². The van der Waals surface area contributed by atoms with Crippen LogP contribution in [-0.4, -0.2) is 28.8 Å². The molecular weight excluding hydrogens is 288 g/mol. The van der Waals surface area contributed by atoms with Crippen LogP contribution in [0.15, 0.2) is 36.7 Å². The Balaban J connectivity index is 1.67. The van der Waals surface area contributed by atoms with E-state index in [0.717, 1.165) is 25.2 Å². The van der Waals surface area contributed by atoms with E-state index in [1.807, 2.05) is 35.1 Å².